The highest BCUT2D eigenvalue weighted by molar-refractivity contribution is 7.92. The van der Waals surface area contributed by atoms with E-state index in [2.05, 4.69) is 15.6 Å². The Hall–Kier alpha value is -4.08. The number of fused-ring (bicyclic) bond motifs is 1. The molecule has 0 spiro atoms. The van der Waals surface area contributed by atoms with Gasteiger partial charge < -0.3 is 36.0 Å². The molecule has 0 amide bonds. The molecule has 0 radical (unpaired) electrons. The maximum atomic E-state index is 12.6. The number of sulfone groups is 1. The van der Waals surface area contributed by atoms with Crippen LogP contribution in [0.5, 0.6) is 0 Å². The molecule has 42 heavy (non-hydrogen) atoms. The second-order valence-electron chi connectivity index (χ2n) is 9.96. The first-order valence-electron chi connectivity index (χ1n) is 12.9. The van der Waals surface area contributed by atoms with Crippen molar-refractivity contribution in [2.75, 3.05) is 24.3 Å². The SMILES string of the molecule is CC(Cc1ccc2c(c1)cc(C(=O)O)n2Cc1ccc(NCS(=O)(=O)C(F)(F)F)cc1)NCC(O)N1C=NC(N)=CC1. The van der Waals surface area contributed by atoms with Crippen LogP contribution in [0, 0.1) is 0 Å². The number of aliphatic imine (C=N–C) groups is 1. The monoisotopic (exact) mass is 608 g/mol. The molecule has 1 aliphatic heterocycles. The van der Waals surface area contributed by atoms with Crippen LogP contribution in [0.2, 0.25) is 0 Å². The van der Waals surface area contributed by atoms with Crippen LogP contribution in [0.3, 0.4) is 0 Å². The van der Waals surface area contributed by atoms with Gasteiger partial charge in [-0.25, -0.2) is 18.2 Å². The van der Waals surface area contributed by atoms with E-state index in [1.165, 1.54) is 18.5 Å². The highest BCUT2D eigenvalue weighted by Gasteiger charge is 2.45. The van der Waals surface area contributed by atoms with Crippen molar-refractivity contribution in [3.8, 4) is 0 Å². The maximum absolute atomic E-state index is 12.6. The lowest BCUT2D eigenvalue weighted by molar-refractivity contribution is -0.0433. The summed E-state index contributed by atoms with van der Waals surface area (Å²) in [6.07, 6.45) is 3.05. The minimum Gasteiger partial charge on any atom is -0.477 e. The zero-order valence-electron chi connectivity index (χ0n) is 22.5. The molecule has 0 bridgehead atoms. The van der Waals surface area contributed by atoms with Gasteiger partial charge in [0.25, 0.3) is 9.84 Å². The summed E-state index contributed by atoms with van der Waals surface area (Å²) in [5.74, 6) is -2.01. The molecule has 1 aliphatic rings. The molecule has 226 valence electrons. The molecule has 0 saturated carbocycles. The number of nitrogens with zero attached hydrogens (tertiary/aromatic N) is 3. The second kappa shape index (κ2) is 12.4. The Morgan fingerprint density at radius 1 is 1.14 bits per heavy atom. The number of aromatic carboxylic acids is 1. The number of aliphatic hydroxyl groups excluding tert-OH is 1. The van der Waals surface area contributed by atoms with Crippen molar-refractivity contribution in [3.05, 3.63) is 77.2 Å². The number of benzene rings is 2. The lowest BCUT2D eigenvalue weighted by atomic mass is 10.1. The molecule has 2 heterocycles. The highest BCUT2D eigenvalue weighted by Crippen LogP contribution is 2.26. The van der Waals surface area contributed by atoms with E-state index in [0.29, 0.717) is 36.4 Å². The summed E-state index contributed by atoms with van der Waals surface area (Å²) in [6.45, 7) is 2.90. The molecular weight excluding hydrogens is 577 g/mol. The van der Waals surface area contributed by atoms with Crippen LogP contribution in [0.15, 0.2) is 65.4 Å². The van der Waals surface area contributed by atoms with Gasteiger partial charge in [-0.3, -0.25) is 0 Å². The number of rotatable bonds is 12. The molecule has 15 heteroatoms. The first-order valence-corrected chi connectivity index (χ1v) is 14.5. The van der Waals surface area contributed by atoms with Crippen molar-refractivity contribution < 1.29 is 36.6 Å². The fourth-order valence-corrected chi connectivity index (χ4v) is 4.97. The van der Waals surface area contributed by atoms with Gasteiger partial charge in [0, 0.05) is 42.3 Å². The van der Waals surface area contributed by atoms with E-state index in [9.17, 15) is 36.6 Å². The van der Waals surface area contributed by atoms with Crippen LogP contribution in [-0.4, -0.2) is 77.2 Å². The zero-order chi connectivity index (χ0) is 30.7. The minimum atomic E-state index is -5.35. The van der Waals surface area contributed by atoms with Crippen LogP contribution in [-0.2, 0) is 22.8 Å². The number of hydrogen-bond acceptors (Lipinski definition) is 9. The Bertz CT molecular complexity index is 1600. The smallest absolute Gasteiger partial charge is 0.477 e. The molecule has 1 aromatic heterocycles. The van der Waals surface area contributed by atoms with Gasteiger partial charge in [-0.1, -0.05) is 18.2 Å². The van der Waals surface area contributed by atoms with E-state index in [4.69, 9.17) is 5.73 Å². The molecule has 2 atom stereocenters. The molecule has 0 aliphatic carbocycles. The predicted molar refractivity (Wildman–Crippen MR) is 153 cm³/mol. The average Bonchev–Trinajstić information content (AvgIpc) is 3.29. The number of carboxylic acids is 1. The van der Waals surface area contributed by atoms with E-state index in [1.54, 1.807) is 33.7 Å². The first-order chi connectivity index (χ1) is 19.7. The van der Waals surface area contributed by atoms with E-state index in [0.717, 1.165) is 10.9 Å². The number of halogens is 3. The summed E-state index contributed by atoms with van der Waals surface area (Å²) < 4.78 is 61.9. The number of alkyl halides is 3. The summed E-state index contributed by atoms with van der Waals surface area (Å²) >= 11 is 0. The lowest BCUT2D eigenvalue weighted by Crippen LogP contribution is -2.45. The van der Waals surface area contributed by atoms with Gasteiger partial charge in [-0.2, -0.15) is 13.2 Å². The van der Waals surface area contributed by atoms with Crippen molar-refractivity contribution in [2.45, 2.75) is 37.7 Å². The summed E-state index contributed by atoms with van der Waals surface area (Å²) in [5.41, 5.74) is 2.80. The summed E-state index contributed by atoms with van der Waals surface area (Å²) in [7, 11) is -5.32. The van der Waals surface area contributed by atoms with Gasteiger partial charge in [0.05, 0.1) is 6.34 Å². The number of nitrogens with one attached hydrogen (secondary N) is 2. The van der Waals surface area contributed by atoms with Crippen molar-refractivity contribution in [2.24, 2.45) is 10.7 Å². The van der Waals surface area contributed by atoms with E-state index < -0.39 is 33.4 Å². The van der Waals surface area contributed by atoms with Crippen LogP contribution in [0.25, 0.3) is 10.9 Å². The first kappa shape index (κ1) is 30.9. The van der Waals surface area contributed by atoms with E-state index in [1.807, 2.05) is 25.1 Å². The van der Waals surface area contributed by atoms with Gasteiger partial charge in [-0.15, -0.1) is 0 Å². The molecule has 6 N–H and O–H groups in total. The Morgan fingerprint density at radius 3 is 2.45 bits per heavy atom. The number of hydrogen-bond donors (Lipinski definition) is 5. The Morgan fingerprint density at radius 2 is 1.83 bits per heavy atom. The molecule has 0 fully saturated rings. The molecule has 2 aromatic carbocycles. The van der Waals surface area contributed by atoms with E-state index in [-0.39, 0.29) is 24.0 Å². The molecule has 0 saturated heterocycles. The van der Waals surface area contributed by atoms with Crippen LogP contribution >= 0.6 is 0 Å². The Labute approximate surface area is 240 Å². The summed E-state index contributed by atoms with van der Waals surface area (Å²) in [4.78, 5) is 17.7. The number of nitrogens with two attached hydrogens (primary N) is 1. The van der Waals surface area contributed by atoms with Crippen LogP contribution < -0.4 is 16.4 Å². The van der Waals surface area contributed by atoms with E-state index >= 15 is 0 Å². The third-order valence-electron chi connectivity index (χ3n) is 6.74. The van der Waals surface area contributed by atoms with Crippen molar-refractivity contribution in [1.82, 2.24) is 14.8 Å². The largest absolute Gasteiger partial charge is 0.499 e. The van der Waals surface area contributed by atoms with Gasteiger partial charge >= 0.3 is 11.5 Å². The maximum Gasteiger partial charge on any atom is 0.499 e. The fourth-order valence-electron chi connectivity index (χ4n) is 4.45. The molecular formula is C27H31F3N6O5S. The second-order valence-corrected chi connectivity index (χ2v) is 11.9. The van der Waals surface area contributed by atoms with Crippen molar-refractivity contribution in [1.29, 1.82) is 0 Å². The molecule has 11 nitrogen and oxygen atoms in total. The van der Waals surface area contributed by atoms with Gasteiger partial charge in [0.15, 0.2) is 0 Å². The quantitative estimate of drug-likeness (QED) is 0.208. The van der Waals surface area contributed by atoms with Crippen LogP contribution in [0.1, 0.15) is 28.5 Å². The topological polar surface area (TPSA) is 162 Å². The number of aliphatic hydroxyl groups is 1. The number of aromatic nitrogens is 1. The number of carbonyl (C=O) groups is 1. The fraction of sp³-hybridized carbons (Fsp3) is 0.333. The average molecular weight is 609 g/mol. The van der Waals surface area contributed by atoms with Gasteiger partial charge in [0.1, 0.15) is 23.6 Å². The molecule has 3 aromatic rings. The lowest BCUT2D eigenvalue weighted by Gasteiger charge is -2.27. The number of carboxylic acid groups (broad SMARTS) is 1. The highest BCUT2D eigenvalue weighted by atomic mass is 32.2. The summed E-state index contributed by atoms with van der Waals surface area (Å²) in [6, 6.07) is 13.2. The number of anilines is 1. The van der Waals surface area contributed by atoms with Crippen molar-refractivity contribution in [3.63, 3.8) is 0 Å². The summed E-state index contributed by atoms with van der Waals surface area (Å²) in [5, 5.41) is 26.5. The van der Waals surface area contributed by atoms with Gasteiger partial charge in [0.2, 0.25) is 0 Å². The Balaban J connectivity index is 1.41. The van der Waals surface area contributed by atoms with Gasteiger partial charge in [-0.05, 0) is 60.9 Å². The third kappa shape index (κ3) is 7.40. The third-order valence-corrected chi connectivity index (χ3v) is 7.97. The normalized spacial score (nSPS) is 15.5. The molecule has 2 unspecified atom stereocenters. The minimum absolute atomic E-state index is 0.00119. The standard InChI is InChI=1S/C27H31F3N6O5S/c1-17(32-13-25(37)35-9-8-24(31)33-15-35)10-19-4-7-22-20(11-19)12-23(26(38)39)36(22)14-18-2-5-21(6-3-18)34-16-42(40,41)27(28,29)30/h2-8,11-12,15,17,25,32,34,37H,9-10,13-14,16,31H2,1H3,(H,38,39). The molecule has 4 rings (SSSR count). The van der Waals surface area contributed by atoms with Crippen molar-refractivity contribution >= 4 is 38.7 Å². The zero-order valence-corrected chi connectivity index (χ0v) is 23.4. The Kier molecular flexibility index (Phi) is 9.13. The van der Waals surface area contributed by atoms with Crippen LogP contribution in [0.4, 0.5) is 18.9 Å². The predicted octanol–water partition coefficient (Wildman–Crippen LogP) is 2.67.